The first-order valence-electron chi connectivity index (χ1n) is 8.97. The van der Waals surface area contributed by atoms with E-state index in [2.05, 4.69) is 5.16 Å². The number of nitrogens with zero attached hydrogens (tertiary/aromatic N) is 2. The van der Waals surface area contributed by atoms with E-state index in [9.17, 15) is 19.8 Å². The molecule has 3 aromatic rings. The van der Waals surface area contributed by atoms with Gasteiger partial charge in [-0.3, -0.25) is 14.5 Å². The summed E-state index contributed by atoms with van der Waals surface area (Å²) in [4.78, 5) is 27.0. The normalized spacial score (nSPS) is 18.4. The molecule has 0 aliphatic carbocycles. The maximum Gasteiger partial charge on any atom is 0.301 e. The quantitative estimate of drug-likeness (QED) is 0.402. The number of phenolic OH excluding ortho intramolecular Hbond substituents is 1. The third-order valence-corrected chi connectivity index (χ3v) is 4.82. The van der Waals surface area contributed by atoms with Crippen LogP contribution in [0.25, 0.3) is 5.76 Å². The zero-order valence-corrected chi connectivity index (χ0v) is 15.8. The Bertz CT molecular complexity index is 1140. The molecule has 7 nitrogen and oxygen atoms in total. The summed E-state index contributed by atoms with van der Waals surface area (Å²) in [5, 5.41) is 24.8. The number of aromatic nitrogens is 1. The highest BCUT2D eigenvalue weighted by Crippen LogP contribution is 2.42. The summed E-state index contributed by atoms with van der Waals surface area (Å²) >= 11 is 0. The third-order valence-electron chi connectivity index (χ3n) is 4.82. The van der Waals surface area contributed by atoms with Crippen molar-refractivity contribution in [2.75, 3.05) is 4.90 Å². The Morgan fingerprint density at radius 1 is 1.07 bits per heavy atom. The van der Waals surface area contributed by atoms with Crippen LogP contribution in [-0.4, -0.2) is 27.1 Å². The van der Waals surface area contributed by atoms with Crippen LogP contribution in [0.1, 0.15) is 28.5 Å². The van der Waals surface area contributed by atoms with Crippen LogP contribution in [0.5, 0.6) is 5.75 Å². The van der Waals surface area contributed by atoms with Crippen molar-refractivity contribution >= 4 is 23.3 Å². The molecule has 7 heteroatoms. The van der Waals surface area contributed by atoms with Crippen molar-refractivity contribution < 1.29 is 24.3 Å². The van der Waals surface area contributed by atoms with Crippen LogP contribution in [0.3, 0.4) is 0 Å². The molecule has 0 spiro atoms. The van der Waals surface area contributed by atoms with Gasteiger partial charge in [-0.05, 0) is 31.5 Å². The zero-order chi connectivity index (χ0) is 20.7. The number of ketones is 1. The first-order chi connectivity index (χ1) is 13.9. The lowest BCUT2D eigenvalue weighted by molar-refractivity contribution is -0.132. The number of rotatable bonds is 3. The number of phenols is 1. The van der Waals surface area contributed by atoms with Crippen LogP contribution < -0.4 is 4.90 Å². The highest BCUT2D eigenvalue weighted by Gasteiger charge is 2.48. The van der Waals surface area contributed by atoms with E-state index in [4.69, 9.17) is 4.52 Å². The Hall–Kier alpha value is -3.87. The number of benzene rings is 2. The first kappa shape index (κ1) is 18.5. The van der Waals surface area contributed by atoms with E-state index in [1.165, 1.54) is 23.1 Å². The predicted octanol–water partition coefficient (Wildman–Crippen LogP) is 3.62. The van der Waals surface area contributed by atoms with E-state index in [0.717, 1.165) is 5.56 Å². The van der Waals surface area contributed by atoms with Gasteiger partial charge in [0.2, 0.25) is 0 Å². The minimum atomic E-state index is -0.965. The smallest absolute Gasteiger partial charge is 0.301 e. The zero-order valence-electron chi connectivity index (χ0n) is 15.8. The van der Waals surface area contributed by atoms with Crippen LogP contribution in [0, 0.1) is 13.8 Å². The van der Waals surface area contributed by atoms with Crippen molar-refractivity contribution in [3.8, 4) is 5.75 Å². The van der Waals surface area contributed by atoms with Gasteiger partial charge >= 0.3 is 5.91 Å². The molecule has 0 bridgehead atoms. The van der Waals surface area contributed by atoms with Crippen LogP contribution >= 0.6 is 0 Å². The summed E-state index contributed by atoms with van der Waals surface area (Å²) in [6, 6.07) is 13.7. The van der Waals surface area contributed by atoms with E-state index in [0.29, 0.717) is 16.9 Å². The first-order valence-corrected chi connectivity index (χ1v) is 8.97. The Labute approximate surface area is 166 Å². The SMILES string of the molecule is Cc1ccc(/C(O)=C2\C(=O)C(=O)N(c3cc(C)on3)C2c2cccc(O)c2)cc1. The van der Waals surface area contributed by atoms with E-state index >= 15 is 0 Å². The number of hydrogen-bond acceptors (Lipinski definition) is 6. The van der Waals surface area contributed by atoms with Crippen molar-refractivity contribution in [1.29, 1.82) is 0 Å². The Balaban J connectivity index is 1.95. The van der Waals surface area contributed by atoms with Gasteiger partial charge in [-0.1, -0.05) is 47.1 Å². The van der Waals surface area contributed by atoms with Gasteiger partial charge in [0, 0.05) is 11.6 Å². The Morgan fingerprint density at radius 2 is 1.79 bits per heavy atom. The second-order valence-corrected chi connectivity index (χ2v) is 6.93. The third kappa shape index (κ3) is 3.16. The molecule has 1 aliphatic heterocycles. The van der Waals surface area contributed by atoms with Crippen molar-refractivity contribution in [2.45, 2.75) is 19.9 Å². The van der Waals surface area contributed by atoms with Gasteiger partial charge in [0.05, 0.1) is 11.6 Å². The van der Waals surface area contributed by atoms with E-state index in [1.807, 2.05) is 6.92 Å². The maximum absolute atomic E-state index is 12.9. The van der Waals surface area contributed by atoms with E-state index in [1.54, 1.807) is 43.3 Å². The molecule has 2 heterocycles. The number of carbonyl (C=O) groups excluding carboxylic acids is 2. The molecule has 29 heavy (non-hydrogen) atoms. The highest BCUT2D eigenvalue weighted by atomic mass is 16.5. The highest BCUT2D eigenvalue weighted by molar-refractivity contribution is 6.51. The molecule has 2 N–H and O–H groups in total. The lowest BCUT2D eigenvalue weighted by atomic mass is 9.95. The topological polar surface area (TPSA) is 104 Å². The molecule has 1 saturated heterocycles. The summed E-state index contributed by atoms with van der Waals surface area (Å²) in [6.07, 6.45) is 0. The largest absolute Gasteiger partial charge is 0.508 e. The fourth-order valence-electron chi connectivity index (χ4n) is 3.41. The molecule has 1 unspecified atom stereocenters. The second kappa shape index (κ2) is 6.94. The van der Waals surface area contributed by atoms with Crippen molar-refractivity contribution in [3.05, 3.63) is 82.6 Å². The van der Waals surface area contributed by atoms with Gasteiger partial charge in [-0.2, -0.15) is 0 Å². The number of anilines is 1. The number of aryl methyl sites for hydroxylation is 2. The summed E-state index contributed by atoms with van der Waals surface area (Å²) in [6.45, 7) is 3.57. The molecule has 1 fully saturated rings. The van der Waals surface area contributed by atoms with Crippen molar-refractivity contribution in [2.24, 2.45) is 0 Å². The second-order valence-electron chi connectivity index (χ2n) is 6.93. The lowest BCUT2D eigenvalue weighted by Crippen LogP contribution is -2.29. The molecule has 1 aromatic heterocycles. The minimum Gasteiger partial charge on any atom is -0.508 e. The van der Waals surface area contributed by atoms with Crippen molar-refractivity contribution in [1.82, 2.24) is 5.16 Å². The molecular formula is C22H18N2O5. The number of amides is 1. The average molecular weight is 390 g/mol. The van der Waals surface area contributed by atoms with E-state index < -0.39 is 17.7 Å². The Kier molecular flexibility index (Phi) is 4.43. The number of carbonyl (C=O) groups is 2. The van der Waals surface area contributed by atoms with Gasteiger partial charge in [-0.15, -0.1) is 0 Å². The monoisotopic (exact) mass is 390 g/mol. The average Bonchev–Trinajstić information content (AvgIpc) is 3.23. The standard InChI is InChI=1S/C22H18N2O5/c1-12-6-8-14(9-7-12)20(26)18-19(15-4-3-5-16(25)11-15)24(22(28)21(18)27)17-10-13(2)29-23-17/h3-11,19,25-26H,1-2H3/b20-18+. The maximum atomic E-state index is 12.9. The fraction of sp³-hybridized carbons (Fsp3) is 0.136. The van der Waals surface area contributed by atoms with E-state index in [-0.39, 0.29) is 22.9 Å². The van der Waals surface area contributed by atoms with Crippen LogP contribution in [0.15, 0.2) is 64.7 Å². The number of hydrogen-bond donors (Lipinski definition) is 2. The summed E-state index contributed by atoms with van der Waals surface area (Å²) in [5.41, 5.74) is 1.78. The molecule has 1 atom stereocenters. The molecular weight excluding hydrogens is 372 g/mol. The molecule has 1 amide bonds. The summed E-state index contributed by atoms with van der Waals surface area (Å²) in [7, 11) is 0. The molecule has 4 rings (SSSR count). The fourth-order valence-corrected chi connectivity index (χ4v) is 3.41. The van der Waals surface area contributed by atoms with Gasteiger partial charge in [0.1, 0.15) is 17.3 Å². The van der Waals surface area contributed by atoms with Crippen LogP contribution in [-0.2, 0) is 9.59 Å². The molecule has 1 aliphatic rings. The van der Waals surface area contributed by atoms with Crippen LogP contribution in [0.4, 0.5) is 5.82 Å². The number of aromatic hydroxyl groups is 1. The van der Waals surface area contributed by atoms with Crippen molar-refractivity contribution in [3.63, 3.8) is 0 Å². The predicted molar refractivity (Wildman–Crippen MR) is 105 cm³/mol. The minimum absolute atomic E-state index is 0.0280. The number of aliphatic hydroxyl groups is 1. The van der Waals surface area contributed by atoms with Crippen LogP contribution in [0.2, 0.25) is 0 Å². The van der Waals surface area contributed by atoms with Gasteiger partial charge in [-0.25, -0.2) is 0 Å². The van der Waals surface area contributed by atoms with Gasteiger partial charge < -0.3 is 14.7 Å². The van der Waals surface area contributed by atoms with Gasteiger partial charge in [0.15, 0.2) is 5.82 Å². The Morgan fingerprint density at radius 3 is 2.41 bits per heavy atom. The molecule has 146 valence electrons. The number of aliphatic hydroxyl groups excluding tert-OH is 1. The summed E-state index contributed by atoms with van der Waals surface area (Å²) < 4.78 is 5.08. The molecule has 0 saturated carbocycles. The lowest BCUT2D eigenvalue weighted by Gasteiger charge is -2.23. The molecule has 0 radical (unpaired) electrons. The number of Topliss-reactive ketones (excluding diaryl/α,β-unsaturated/α-hetero) is 1. The van der Waals surface area contributed by atoms with Gasteiger partial charge in [0.25, 0.3) is 5.78 Å². The summed E-state index contributed by atoms with van der Waals surface area (Å²) in [5.74, 6) is -1.37. The molecule has 2 aromatic carbocycles.